The molecule has 83 heavy (non-hydrogen) atoms. The smallest absolute Gasteiger partial charge is 0.306 e. The van der Waals surface area contributed by atoms with Gasteiger partial charge in [-0.3, -0.25) is 9.59 Å². The second-order valence-corrected chi connectivity index (χ2v) is 23.2. The zero-order valence-electron chi connectivity index (χ0n) is 53.0. The van der Waals surface area contributed by atoms with Crippen molar-refractivity contribution in [1.29, 1.82) is 0 Å². The fraction of sp³-hybridized carbons (Fsp3) is 0.750. The Balaban J connectivity index is 2.59. The number of carbonyl (C=O) groups is 2. The maximum atomic E-state index is 13.5. The zero-order valence-corrected chi connectivity index (χ0v) is 53.0. The molecule has 0 aromatic heterocycles. The summed E-state index contributed by atoms with van der Waals surface area (Å²) in [5.41, 5.74) is 0. The van der Waals surface area contributed by atoms with E-state index in [0.29, 0.717) is 12.8 Å². The Labute approximate surface area is 507 Å². The molecule has 1 aliphatic heterocycles. The highest BCUT2D eigenvalue weighted by Gasteiger charge is 2.47. The summed E-state index contributed by atoms with van der Waals surface area (Å²) in [6.45, 7) is 5.72. The maximum absolute atomic E-state index is 13.5. The summed E-state index contributed by atoms with van der Waals surface area (Å²) < 4.78 is 17.6. The molecular weight excluding hydrogens is 1040 g/mol. The SMILES string of the molecule is CCCCC/C=C\C/C=C\C/C=C\C/C=C\CCCCCCCCCCCCC(O)C(=O)NC(COC1OC(CO)C(O)C(O)C1OC(=O)CCCCCC/C=C\C/C=C\C/C=C\CCCCC)C(O)/C=C/CCCCCCCCCCC. The fourth-order valence-electron chi connectivity index (χ4n) is 10.1. The van der Waals surface area contributed by atoms with Gasteiger partial charge in [-0.2, -0.15) is 0 Å². The molecule has 0 aliphatic carbocycles. The third-order valence-electron chi connectivity index (χ3n) is 15.5. The number of aliphatic hydroxyl groups is 5. The number of carbonyl (C=O) groups excluding carboxylic acids is 2. The molecule has 8 unspecified atom stereocenters. The lowest BCUT2D eigenvalue weighted by Gasteiger charge is -2.41. The van der Waals surface area contributed by atoms with Gasteiger partial charge < -0.3 is 45.1 Å². The first-order valence-electron chi connectivity index (χ1n) is 34.0. The van der Waals surface area contributed by atoms with Crippen molar-refractivity contribution >= 4 is 11.9 Å². The standard InChI is InChI=1S/C72H125NO10/c1-4-7-10-13-16-19-22-24-26-28-29-30-31-32-33-34-35-36-38-39-41-44-47-50-53-56-59-65(76)71(80)73-63(64(75)58-55-52-49-46-43-21-18-15-12-9-6-3)62-81-72-70(69(79)68(78)66(61-74)82-72)83-67(77)60-57-54-51-48-45-42-40-37-27-25-23-20-17-14-11-8-5-2/h16-17,19-20,24-27,29-30,32-33,40,42,55,58,63-66,68-70,72,74-76,78-79H,4-15,18,21-23,28,31,34-39,41,43-54,56-57,59-62H2,1-3H3,(H,73,80)/b19-16-,20-17-,26-24-,27-25-,30-29-,33-32-,42-40-,58-55+. The van der Waals surface area contributed by atoms with Gasteiger partial charge in [0.2, 0.25) is 5.91 Å². The van der Waals surface area contributed by atoms with E-state index in [4.69, 9.17) is 14.2 Å². The van der Waals surface area contributed by atoms with E-state index in [-0.39, 0.29) is 19.4 Å². The molecule has 11 nitrogen and oxygen atoms in total. The molecule has 11 heteroatoms. The van der Waals surface area contributed by atoms with Crippen molar-refractivity contribution in [1.82, 2.24) is 5.32 Å². The van der Waals surface area contributed by atoms with Gasteiger partial charge in [0.25, 0.3) is 0 Å². The van der Waals surface area contributed by atoms with E-state index >= 15 is 0 Å². The number of ether oxygens (including phenoxy) is 3. The first kappa shape index (κ1) is 77.6. The summed E-state index contributed by atoms with van der Waals surface area (Å²) in [6.07, 6.45) is 68.7. The van der Waals surface area contributed by atoms with Gasteiger partial charge in [0.05, 0.1) is 25.4 Å². The van der Waals surface area contributed by atoms with Gasteiger partial charge in [0.1, 0.15) is 24.4 Å². The Morgan fingerprint density at radius 2 is 0.831 bits per heavy atom. The number of esters is 1. The Bertz CT molecular complexity index is 1720. The van der Waals surface area contributed by atoms with Crippen molar-refractivity contribution in [3.63, 3.8) is 0 Å². The van der Waals surface area contributed by atoms with E-state index < -0.39 is 67.4 Å². The number of aliphatic hydroxyl groups excluding tert-OH is 5. The molecule has 1 amide bonds. The highest BCUT2D eigenvalue weighted by atomic mass is 16.7. The molecule has 0 aromatic carbocycles. The molecular formula is C72H125NO10. The number of rotatable bonds is 57. The number of amides is 1. The van der Waals surface area contributed by atoms with E-state index in [9.17, 15) is 35.1 Å². The third kappa shape index (κ3) is 46.5. The van der Waals surface area contributed by atoms with E-state index in [1.54, 1.807) is 6.08 Å². The summed E-state index contributed by atoms with van der Waals surface area (Å²) in [4.78, 5) is 26.6. The van der Waals surface area contributed by atoms with Crippen LogP contribution in [0.2, 0.25) is 0 Å². The van der Waals surface area contributed by atoms with Gasteiger partial charge in [-0.05, 0) is 109 Å². The van der Waals surface area contributed by atoms with E-state index in [0.717, 1.165) is 109 Å². The minimum atomic E-state index is -1.63. The molecule has 0 spiro atoms. The van der Waals surface area contributed by atoms with Crippen molar-refractivity contribution in [3.05, 3.63) is 97.2 Å². The first-order valence-corrected chi connectivity index (χ1v) is 34.0. The molecule has 8 atom stereocenters. The van der Waals surface area contributed by atoms with E-state index in [2.05, 4.69) is 111 Å². The van der Waals surface area contributed by atoms with Crippen molar-refractivity contribution < 1.29 is 49.3 Å². The summed E-state index contributed by atoms with van der Waals surface area (Å²) in [6, 6.07) is -1.04. The van der Waals surface area contributed by atoms with Gasteiger partial charge in [-0.1, -0.05) is 266 Å². The minimum Gasteiger partial charge on any atom is -0.454 e. The lowest BCUT2D eigenvalue weighted by Crippen LogP contribution is -2.61. The van der Waals surface area contributed by atoms with Crippen molar-refractivity contribution in [2.75, 3.05) is 13.2 Å². The Hall–Kier alpha value is -3.42. The molecule has 0 bridgehead atoms. The number of hydrogen-bond donors (Lipinski definition) is 6. The molecule has 1 rings (SSSR count). The van der Waals surface area contributed by atoms with Crippen molar-refractivity contribution in [2.45, 2.75) is 333 Å². The molecule has 1 saturated heterocycles. The molecule has 478 valence electrons. The summed E-state index contributed by atoms with van der Waals surface area (Å²) in [5, 5.41) is 57.1. The van der Waals surface area contributed by atoms with Crippen LogP contribution < -0.4 is 5.32 Å². The van der Waals surface area contributed by atoms with Gasteiger partial charge in [0.15, 0.2) is 12.4 Å². The molecule has 0 radical (unpaired) electrons. The number of allylic oxidation sites excluding steroid dienone is 15. The van der Waals surface area contributed by atoms with Crippen LogP contribution in [-0.2, 0) is 23.8 Å². The summed E-state index contributed by atoms with van der Waals surface area (Å²) in [5.74, 6) is -1.22. The Morgan fingerprint density at radius 1 is 0.470 bits per heavy atom. The van der Waals surface area contributed by atoms with E-state index in [1.807, 2.05) is 6.08 Å². The summed E-state index contributed by atoms with van der Waals surface area (Å²) >= 11 is 0. The maximum Gasteiger partial charge on any atom is 0.306 e. The van der Waals surface area contributed by atoms with Crippen LogP contribution in [0, 0.1) is 0 Å². The van der Waals surface area contributed by atoms with Crippen LogP contribution >= 0.6 is 0 Å². The highest BCUT2D eigenvalue weighted by molar-refractivity contribution is 5.80. The second-order valence-electron chi connectivity index (χ2n) is 23.2. The van der Waals surface area contributed by atoms with Crippen LogP contribution in [0.25, 0.3) is 0 Å². The molecule has 1 aliphatic rings. The second kappa shape index (κ2) is 58.9. The van der Waals surface area contributed by atoms with Gasteiger partial charge in [0, 0.05) is 6.42 Å². The largest absolute Gasteiger partial charge is 0.454 e. The minimum absolute atomic E-state index is 0.0941. The van der Waals surface area contributed by atoms with Gasteiger partial charge >= 0.3 is 5.97 Å². The molecule has 6 N–H and O–H groups in total. The highest BCUT2D eigenvalue weighted by Crippen LogP contribution is 2.26. The lowest BCUT2D eigenvalue weighted by molar-refractivity contribution is -0.305. The van der Waals surface area contributed by atoms with Crippen molar-refractivity contribution in [2.24, 2.45) is 0 Å². The topological polar surface area (TPSA) is 175 Å². The Kier molecular flexibility index (Phi) is 55.1. The number of nitrogens with one attached hydrogen (secondary N) is 1. The number of unbranched alkanes of at least 4 members (excludes halogenated alkanes) is 29. The average molecular weight is 1160 g/mol. The zero-order chi connectivity index (χ0) is 60.3. The summed E-state index contributed by atoms with van der Waals surface area (Å²) in [7, 11) is 0. The van der Waals surface area contributed by atoms with Crippen molar-refractivity contribution in [3.8, 4) is 0 Å². The van der Waals surface area contributed by atoms with Crippen LogP contribution in [-0.4, -0.2) is 99.6 Å². The fourth-order valence-corrected chi connectivity index (χ4v) is 10.1. The van der Waals surface area contributed by atoms with Crippen LogP contribution in [0.15, 0.2) is 97.2 Å². The van der Waals surface area contributed by atoms with Gasteiger partial charge in [-0.25, -0.2) is 0 Å². The third-order valence-corrected chi connectivity index (χ3v) is 15.5. The predicted octanol–water partition coefficient (Wildman–Crippen LogP) is 17.1. The molecule has 0 aromatic rings. The predicted molar refractivity (Wildman–Crippen MR) is 347 cm³/mol. The van der Waals surface area contributed by atoms with Gasteiger partial charge in [-0.15, -0.1) is 0 Å². The van der Waals surface area contributed by atoms with E-state index in [1.165, 1.54) is 128 Å². The monoisotopic (exact) mass is 1160 g/mol. The van der Waals surface area contributed by atoms with Crippen LogP contribution in [0.4, 0.5) is 0 Å². The number of hydrogen-bond acceptors (Lipinski definition) is 10. The lowest BCUT2D eigenvalue weighted by atomic mass is 9.99. The normalized spacial score (nSPS) is 19.2. The average Bonchev–Trinajstić information content (AvgIpc) is 3.62. The van der Waals surface area contributed by atoms with Crippen LogP contribution in [0.1, 0.15) is 284 Å². The first-order chi connectivity index (χ1) is 40.7. The van der Waals surface area contributed by atoms with Crippen LogP contribution in [0.3, 0.4) is 0 Å². The van der Waals surface area contributed by atoms with Crippen LogP contribution in [0.5, 0.6) is 0 Å². The Morgan fingerprint density at radius 3 is 1.27 bits per heavy atom. The molecule has 1 heterocycles. The molecule has 1 fully saturated rings. The molecule has 0 saturated carbocycles. The quantitative estimate of drug-likeness (QED) is 0.0195.